The predicted molar refractivity (Wildman–Crippen MR) is 115 cm³/mol. The van der Waals surface area contributed by atoms with Gasteiger partial charge in [-0.3, -0.25) is 4.79 Å². The maximum Gasteiger partial charge on any atom is 0.323 e. The van der Waals surface area contributed by atoms with Crippen LogP contribution in [0.4, 0.5) is 0 Å². The molecule has 0 saturated carbocycles. The number of hydrogen-bond donors (Lipinski definition) is 1. The molecular formula is C25H32O4. The van der Waals surface area contributed by atoms with Crippen molar-refractivity contribution in [3.63, 3.8) is 0 Å². The minimum Gasteiger partial charge on any atom is -0.507 e. The van der Waals surface area contributed by atoms with E-state index in [9.17, 15) is 9.90 Å². The third kappa shape index (κ3) is 4.92. The van der Waals surface area contributed by atoms with Crippen LogP contribution in [0.5, 0.6) is 17.2 Å². The highest BCUT2D eigenvalue weighted by Gasteiger charge is 2.37. The number of aryl methyl sites for hydroxylation is 2. The van der Waals surface area contributed by atoms with E-state index in [0.717, 1.165) is 18.4 Å². The van der Waals surface area contributed by atoms with Crippen LogP contribution in [0.15, 0.2) is 30.3 Å². The lowest BCUT2D eigenvalue weighted by molar-refractivity contribution is -0.133. The third-order valence-corrected chi connectivity index (χ3v) is 5.75. The predicted octanol–water partition coefficient (Wildman–Crippen LogP) is 6.05. The first-order valence-electron chi connectivity index (χ1n) is 10.8. The molecule has 3 rings (SSSR count). The van der Waals surface area contributed by atoms with Gasteiger partial charge in [0.1, 0.15) is 23.2 Å². The van der Waals surface area contributed by atoms with Crippen molar-refractivity contribution < 1.29 is 19.4 Å². The Morgan fingerprint density at radius 1 is 1.00 bits per heavy atom. The second-order valence-electron chi connectivity index (χ2n) is 7.98. The SMILES string of the molecule is CCCCCCCCCc1ccc2c(c1)C(c1cc(OC)cc(C)c1O)C(=O)O2. The number of unbranched alkanes of at least 4 members (excludes halogenated alkanes) is 6. The monoisotopic (exact) mass is 396 g/mol. The number of carbonyl (C=O) groups is 1. The first kappa shape index (κ1) is 21.2. The van der Waals surface area contributed by atoms with E-state index in [1.807, 2.05) is 12.1 Å². The van der Waals surface area contributed by atoms with Crippen LogP contribution in [0.1, 0.15) is 80.0 Å². The standard InChI is InChI=1S/C25H32O4/c1-4-5-6-7-8-9-10-11-18-12-13-22-20(15-18)23(25(27)29-22)21-16-19(28-3)14-17(2)24(21)26/h12-16,23,26H,4-11H2,1-3H3. The van der Waals surface area contributed by atoms with E-state index in [2.05, 4.69) is 13.0 Å². The maximum atomic E-state index is 12.6. The minimum absolute atomic E-state index is 0.123. The summed E-state index contributed by atoms with van der Waals surface area (Å²) < 4.78 is 10.8. The first-order chi connectivity index (χ1) is 14.0. The summed E-state index contributed by atoms with van der Waals surface area (Å²) in [5, 5.41) is 10.6. The highest BCUT2D eigenvalue weighted by Crippen LogP contribution is 2.44. The molecule has 0 aromatic heterocycles. The summed E-state index contributed by atoms with van der Waals surface area (Å²) in [5.41, 5.74) is 3.26. The van der Waals surface area contributed by atoms with Crippen LogP contribution in [-0.2, 0) is 11.2 Å². The number of phenolic OH excluding ortho intramolecular Hbond substituents is 1. The Hall–Kier alpha value is -2.49. The Bertz CT molecular complexity index is 856. The molecule has 2 aromatic carbocycles. The lowest BCUT2D eigenvalue weighted by atomic mass is 9.89. The smallest absolute Gasteiger partial charge is 0.323 e. The molecule has 0 fully saturated rings. The molecule has 1 atom stereocenters. The van der Waals surface area contributed by atoms with Crippen molar-refractivity contribution in [1.29, 1.82) is 0 Å². The number of rotatable bonds is 10. The van der Waals surface area contributed by atoms with Crippen molar-refractivity contribution in [2.45, 2.75) is 71.1 Å². The van der Waals surface area contributed by atoms with E-state index < -0.39 is 5.92 Å². The topological polar surface area (TPSA) is 55.8 Å². The van der Waals surface area contributed by atoms with Gasteiger partial charge in [-0.25, -0.2) is 0 Å². The molecule has 0 bridgehead atoms. The third-order valence-electron chi connectivity index (χ3n) is 5.75. The Balaban J connectivity index is 1.74. The summed E-state index contributed by atoms with van der Waals surface area (Å²) in [4.78, 5) is 12.6. The van der Waals surface area contributed by atoms with Crippen molar-refractivity contribution in [3.05, 3.63) is 52.6 Å². The van der Waals surface area contributed by atoms with Crippen molar-refractivity contribution in [2.24, 2.45) is 0 Å². The van der Waals surface area contributed by atoms with E-state index in [1.165, 1.54) is 44.1 Å². The summed E-state index contributed by atoms with van der Waals surface area (Å²) in [5.74, 6) is 0.362. The fourth-order valence-electron chi connectivity index (χ4n) is 4.06. The fourth-order valence-corrected chi connectivity index (χ4v) is 4.06. The van der Waals surface area contributed by atoms with Gasteiger partial charge in [0.25, 0.3) is 0 Å². The molecule has 29 heavy (non-hydrogen) atoms. The van der Waals surface area contributed by atoms with Crippen LogP contribution in [0.3, 0.4) is 0 Å². The molecule has 1 aliphatic heterocycles. The van der Waals surface area contributed by atoms with E-state index in [4.69, 9.17) is 9.47 Å². The molecule has 0 radical (unpaired) electrons. The summed E-state index contributed by atoms with van der Waals surface area (Å²) in [6.07, 6.45) is 9.91. The van der Waals surface area contributed by atoms with Crippen LogP contribution in [-0.4, -0.2) is 18.2 Å². The normalized spacial score (nSPS) is 15.3. The Morgan fingerprint density at radius 3 is 2.45 bits per heavy atom. The zero-order valence-corrected chi connectivity index (χ0v) is 17.8. The Morgan fingerprint density at radius 2 is 1.72 bits per heavy atom. The number of fused-ring (bicyclic) bond motifs is 1. The van der Waals surface area contributed by atoms with Crippen LogP contribution < -0.4 is 9.47 Å². The van der Waals surface area contributed by atoms with Crippen molar-refractivity contribution >= 4 is 5.97 Å². The molecule has 0 spiro atoms. The summed E-state index contributed by atoms with van der Waals surface area (Å²) in [6.45, 7) is 4.04. The first-order valence-corrected chi connectivity index (χ1v) is 10.8. The zero-order valence-electron chi connectivity index (χ0n) is 17.8. The fraction of sp³-hybridized carbons (Fsp3) is 0.480. The van der Waals surface area contributed by atoms with Gasteiger partial charge in [0, 0.05) is 11.1 Å². The van der Waals surface area contributed by atoms with Gasteiger partial charge >= 0.3 is 5.97 Å². The van der Waals surface area contributed by atoms with Gasteiger partial charge in [0.05, 0.1) is 7.11 Å². The molecule has 0 aliphatic carbocycles. The zero-order chi connectivity index (χ0) is 20.8. The second kappa shape index (κ2) is 9.82. The van der Waals surface area contributed by atoms with Gasteiger partial charge in [-0.2, -0.15) is 0 Å². The number of aromatic hydroxyl groups is 1. The Kier molecular flexibility index (Phi) is 7.18. The molecule has 1 unspecified atom stereocenters. The highest BCUT2D eigenvalue weighted by atomic mass is 16.5. The largest absolute Gasteiger partial charge is 0.507 e. The number of hydrogen-bond acceptors (Lipinski definition) is 4. The quantitative estimate of drug-likeness (QED) is 0.302. The minimum atomic E-state index is -0.618. The van der Waals surface area contributed by atoms with Crippen LogP contribution in [0.2, 0.25) is 0 Å². The van der Waals surface area contributed by atoms with Gasteiger partial charge in [-0.15, -0.1) is 0 Å². The summed E-state index contributed by atoms with van der Waals surface area (Å²) in [7, 11) is 1.58. The van der Waals surface area contributed by atoms with E-state index in [1.54, 1.807) is 26.2 Å². The average molecular weight is 397 g/mol. The van der Waals surface area contributed by atoms with Crippen molar-refractivity contribution in [1.82, 2.24) is 0 Å². The molecule has 4 nitrogen and oxygen atoms in total. The van der Waals surface area contributed by atoms with Crippen LogP contribution >= 0.6 is 0 Å². The molecule has 0 amide bonds. The molecule has 1 N–H and O–H groups in total. The lowest BCUT2D eigenvalue weighted by Crippen LogP contribution is -2.12. The molecule has 2 aromatic rings. The molecule has 4 heteroatoms. The van der Waals surface area contributed by atoms with Crippen LogP contribution in [0, 0.1) is 6.92 Å². The number of methoxy groups -OCH3 is 1. The van der Waals surface area contributed by atoms with Gasteiger partial charge in [0.15, 0.2) is 0 Å². The number of benzene rings is 2. The summed E-state index contributed by atoms with van der Waals surface area (Å²) in [6, 6.07) is 9.48. The number of phenols is 1. The van der Waals surface area contributed by atoms with Gasteiger partial charge in [-0.05, 0) is 49.1 Å². The Labute approximate surface area is 173 Å². The molecular weight excluding hydrogens is 364 g/mol. The van der Waals surface area contributed by atoms with Crippen molar-refractivity contribution in [2.75, 3.05) is 7.11 Å². The maximum absolute atomic E-state index is 12.6. The number of carbonyl (C=O) groups excluding carboxylic acids is 1. The molecule has 1 aliphatic rings. The van der Waals surface area contributed by atoms with Gasteiger partial charge < -0.3 is 14.6 Å². The number of esters is 1. The lowest BCUT2D eigenvalue weighted by Gasteiger charge is -2.14. The second-order valence-corrected chi connectivity index (χ2v) is 7.98. The van der Waals surface area contributed by atoms with Crippen LogP contribution in [0.25, 0.3) is 0 Å². The van der Waals surface area contributed by atoms with Crippen molar-refractivity contribution in [3.8, 4) is 17.2 Å². The summed E-state index contributed by atoms with van der Waals surface area (Å²) >= 11 is 0. The van der Waals surface area contributed by atoms with E-state index in [0.29, 0.717) is 22.6 Å². The molecule has 156 valence electrons. The highest BCUT2D eigenvalue weighted by molar-refractivity contribution is 5.90. The van der Waals surface area contributed by atoms with E-state index in [-0.39, 0.29) is 11.7 Å². The number of ether oxygens (including phenoxy) is 2. The molecule has 0 saturated heterocycles. The molecule has 1 heterocycles. The van der Waals surface area contributed by atoms with Gasteiger partial charge in [-0.1, -0.05) is 57.6 Å². The van der Waals surface area contributed by atoms with E-state index >= 15 is 0 Å². The average Bonchev–Trinajstić information content (AvgIpc) is 3.04. The van der Waals surface area contributed by atoms with Gasteiger partial charge in [0.2, 0.25) is 0 Å².